The molecular formula is C31H61N2+. The zero-order chi connectivity index (χ0) is 23.8. The molecule has 0 bridgehead atoms. The average Bonchev–Trinajstić information content (AvgIpc) is 3.17. The Morgan fingerprint density at radius 3 is 1.30 bits per heavy atom. The van der Waals surface area contributed by atoms with Crippen LogP contribution in [0.15, 0.2) is 12.4 Å². The predicted molar refractivity (Wildman–Crippen MR) is 147 cm³/mol. The summed E-state index contributed by atoms with van der Waals surface area (Å²) in [6, 6.07) is 0. The van der Waals surface area contributed by atoms with Crippen LogP contribution in [0, 0.1) is 0 Å². The fraction of sp³-hybridized carbons (Fsp3) is 0.903. The molecule has 0 atom stereocenters. The number of nitrogens with zero attached hydrogens (tertiary/aromatic N) is 2. The van der Waals surface area contributed by atoms with Crippen molar-refractivity contribution in [3.63, 3.8) is 0 Å². The van der Waals surface area contributed by atoms with E-state index in [1.165, 1.54) is 166 Å². The number of imidazole rings is 1. The molecule has 0 aliphatic carbocycles. The van der Waals surface area contributed by atoms with Gasteiger partial charge in [-0.05, 0) is 19.3 Å². The van der Waals surface area contributed by atoms with Crippen LogP contribution in [0.4, 0.5) is 0 Å². The Kier molecular flexibility index (Phi) is 21.1. The largest absolute Gasteiger partial charge is 0.256 e. The maximum atomic E-state index is 2.53. The first-order chi connectivity index (χ1) is 16.3. The van der Waals surface area contributed by atoms with Crippen molar-refractivity contribution in [2.24, 2.45) is 7.05 Å². The minimum Gasteiger partial charge on any atom is -0.237 e. The van der Waals surface area contributed by atoms with Gasteiger partial charge in [0, 0.05) is 6.42 Å². The van der Waals surface area contributed by atoms with E-state index < -0.39 is 0 Å². The van der Waals surface area contributed by atoms with Crippen LogP contribution in [-0.4, -0.2) is 4.57 Å². The summed E-state index contributed by atoms with van der Waals surface area (Å²) < 4.78 is 4.88. The Labute approximate surface area is 208 Å². The van der Waals surface area contributed by atoms with Gasteiger partial charge in [-0.1, -0.05) is 142 Å². The van der Waals surface area contributed by atoms with Crippen LogP contribution in [0.1, 0.15) is 167 Å². The zero-order valence-corrected chi connectivity index (χ0v) is 23.2. The second-order valence-electron chi connectivity index (χ2n) is 10.7. The molecule has 2 heteroatoms. The summed E-state index contributed by atoms with van der Waals surface area (Å²) >= 11 is 0. The highest BCUT2D eigenvalue weighted by molar-refractivity contribution is 4.82. The molecule has 33 heavy (non-hydrogen) atoms. The quantitative estimate of drug-likeness (QED) is 0.101. The van der Waals surface area contributed by atoms with Gasteiger partial charge in [0.1, 0.15) is 12.4 Å². The molecule has 0 fully saturated rings. The lowest BCUT2D eigenvalue weighted by molar-refractivity contribution is -0.704. The molecule has 2 nitrogen and oxygen atoms in total. The lowest BCUT2D eigenvalue weighted by Gasteiger charge is -2.05. The highest BCUT2D eigenvalue weighted by Crippen LogP contribution is 2.14. The maximum absolute atomic E-state index is 2.53. The van der Waals surface area contributed by atoms with E-state index in [4.69, 9.17) is 0 Å². The second kappa shape index (κ2) is 23.0. The highest BCUT2D eigenvalue weighted by atomic mass is 15.1. The van der Waals surface area contributed by atoms with Crippen molar-refractivity contribution >= 4 is 0 Å². The van der Waals surface area contributed by atoms with Crippen molar-refractivity contribution in [2.75, 3.05) is 0 Å². The summed E-state index contributed by atoms with van der Waals surface area (Å²) in [4.78, 5) is 0. The first kappa shape index (κ1) is 30.2. The molecule has 1 rings (SSSR count). The highest BCUT2D eigenvalue weighted by Gasteiger charge is 2.13. The van der Waals surface area contributed by atoms with Gasteiger partial charge in [-0.2, -0.15) is 0 Å². The molecule has 0 saturated heterocycles. The Bertz CT molecular complexity index is 519. The Balaban J connectivity index is 1.93. The van der Waals surface area contributed by atoms with E-state index >= 15 is 0 Å². The molecule has 1 aromatic rings. The van der Waals surface area contributed by atoms with Crippen molar-refractivity contribution in [1.29, 1.82) is 0 Å². The summed E-state index contributed by atoms with van der Waals surface area (Å²) in [5, 5.41) is 0. The number of unbranched alkanes of at least 4 members (excludes halogenated alkanes) is 21. The Morgan fingerprint density at radius 1 is 0.515 bits per heavy atom. The SMILES string of the molecule is CCCCCCCCCCCCCCCCCCc1n(C)cc[n+]1CCCCCCCCC. The molecule has 1 aromatic heterocycles. The van der Waals surface area contributed by atoms with E-state index in [1.54, 1.807) is 0 Å². The van der Waals surface area contributed by atoms with Crippen LogP contribution in [0.2, 0.25) is 0 Å². The van der Waals surface area contributed by atoms with Crippen LogP contribution in [0.5, 0.6) is 0 Å². The lowest BCUT2D eigenvalue weighted by atomic mass is 10.0. The Morgan fingerprint density at radius 2 is 0.879 bits per heavy atom. The van der Waals surface area contributed by atoms with Crippen molar-refractivity contribution in [1.82, 2.24) is 4.57 Å². The molecule has 0 amide bonds. The molecule has 0 saturated carbocycles. The summed E-state index contributed by atoms with van der Waals surface area (Å²) in [7, 11) is 2.23. The van der Waals surface area contributed by atoms with Gasteiger partial charge in [-0.25, -0.2) is 9.13 Å². The van der Waals surface area contributed by atoms with Gasteiger partial charge in [0.15, 0.2) is 0 Å². The summed E-state index contributed by atoms with van der Waals surface area (Å²) in [6.07, 6.45) is 38.7. The van der Waals surface area contributed by atoms with E-state index in [9.17, 15) is 0 Å². The smallest absolute Gasteiger partial charge is 0.237 e. The number of hydrogen-bond donors (Lipinski definition) is 0. The van der Waals surface area contributed by atoms with Crippen LogP contribution in [0.3, 0.4) is 0 Å². The van der Waals surface area contributed by atoms with Crippen molar-refractivity contribution in [3.05, 3.63) is 18.2 Å². The molecule has 0 spiro atoms. The van der Waals surface area contributed by atoms with Gasteiger partial charge in [0.05, 0.1) is 13.6 Å². The lowest BCUT2D eigenvalue weighted by Crippen LogP contribution is -2.37. The molecule has 0 radical (unpaired) electrons. The predicted octanol–water partition coefficient (Wildman–Crippen LogP) is 9.87. The first-order valence-corrected chi connectivity index (χ1v) is 15.3. The van der Waals surface area contributed by atoms with Gasteiger partial charge in [0.2, 0.25) is 0 Å². The summed E-state index contributed by atoms with van der Waals surface area (Å²) in [5.74, 6) is 1.53. The van der Waals surface area contributed by atoms with Gasteiger partial charge < -0.3 is 0 Å². The second-order valence-corrected chi connectivity index (χ2v) is 10.7. The molecule has 0 N–H and O–H groups in total. The van der Waals surface area contributed by atoms with Crippen LogP contribution >= 0.6 is 0 Å². The average molecular weight is 462 g/mol. The monoisotopic (exact) mass is 461 g/mol. The zero-order valence-electron chi connectivity index (χ0n) is 23.2. The number of rotatable bonds is 25. The molecule has 0 unspecified atom stereocenters. The third-order valence-electron chi connectivity index (χ3n) is 7.47. The molecular weight excluding hydrogens is 400 g/mol. The van der Waals surface area contributed by atoms with E-state index in [-0.39, 0.29) is 0 Å². The van der Waals surface area contributed by atoms with Gasteiger partial charge in [0.25, 0.3) is 5.82 Å². The molecule has 194 valence electrons. The van der Waals surface area contributed by atoms with Crippen LogP contribution < -0.4 is 4.57 Å². The van der Waals surface area contributed by atoms with Crippen molar-refractivity contribution in [2.45, 2.75) is 174 Å². The number of hydrogen-bond acceptors (Lipinski definition) is 0. The van der Waals surface area contributed by atoms with Crippen molar-refractivity contribution in [3.8, 4) is 0 Å². The number of aryl methyl sites for hydroxylation is 2. The van der Waals surface area contributed by atoms with Gasteiger partial charge in [-0.3, -0.25) is 0 Å². The summed E-state index contributed by atoms with van der Waals surface area (Å²) in [6.45, 7) is 5.81. The molecule has 0 aliphatic rings. The van der Waals surface area contributed by atoms with Crippen molar-refractivity contribution < 1.29 is 4.57 Å². The van der Waals surface area contributed by atoms with Gasteiger partial charge >= 0.3 is 0 Å². The summed E-state index contributed by atoms with van der Waals surface area (Å²) in [5.41, 5.74) is 0. The fourth-order valence-corrected chi connectivity index (χ4v) is 5.15. The van der Waals surface area contributed by atoms with E-state index in [0.29, 0.717) is 0 Å². The minimum atomic E-state index is 1.21. The van der Waals surface area contributed by atoms with E-state index in [2.05, 4.69) is 42.4 Å². The molecule has 1 heterocycles. The van der Waals surface area contributed by atoms with E-state index in [1.807, 2.05) is 0 Å². The molecule has 0 aromatic carbocycles. The third-order valence-corrected chi connectivity index (χ3v) is 7.47. The van der Waals surface area contributed by atoms with Crippen LogP contribution in [-0.2, 0) is 20.0 Å². The third kappa shape index (κ3) is 17.3. The topological polar surface area (TPSA) is 8.81 Å². The van der Waals surface area contributed by atoms with E-state index in [0.717, 1.165) is 0 Å². The minimum absolute atomic E-state index is 1.21. The fourth-order valence-electron chi connectivity index (χ4n) is 5.15. The maximum Gasteiger partial charge on any atom is 0.256 e. The standard InChI is InChI=1S/C31H61N2/c1-4-6-8-10-12-13-14-15-16-17-18-19-20-21-23-25-27-31-32(3)29-30-33(31)28-26-24-22-11-9-7-5-2/h29-30H,4-28H2,1-3H3/q+1. The normalized spacial score (nSPS) is 11.5. The molecule has 0 aliphatic heterocycles. The number of aromatic nitrogens is 2. The first-order valence-electron chi connectivity index (χ1n) is 15.3. The van der Waals surface area contributed by atoms with Crippen LogP contribution in [0.25, 0.3) is 0 Å². The Hall–Kier alpha value is -0.790. The van der Waals surface area contributed by atoms with Gasteiger partial charge in [-0.15, -0.1) is 0 Å².